The number of nitrogens with zero attached hydrogens (tertiary/aromatic N) is 3. The molecule has 90 valence electrons. The van der Waals surface area contributed by atoms with Crippen LogP contribution in [0.15, 0.2) is 11.5 Å². The second-order valence-corrected chi connectivity index (χ2v) is 7.32. The fourth-order valence-electron chi connectivity index (χ4n) is 1.35. The summed E-state index contributed by atoms with van der Waals surface area (Å²) in [6.07, 6.45) is 1.48. The van der Waals surface area contributed by atoms with Gasteiger partial charge in [-0.3, -0.25) is 5.10 Å². The molecule has 0 amide bonds. The molecule has 4 rings (SSSR count). The molecule has 0 atom stereocenters. The molecular formula is C6H11ClN4O3SSi. The molecule has 7 nitrogen and oxygen atoms in total. The van der Waals surface area contributed by atoms with Crippen LogP contribution in [0.3, 0.4) is 0 Å². The van der Waals surface area contributed by atoms with Crippen LogP contribution in [-0.2, 0) is 13.3 Å². The number of fused-ring (bicyclic) bond motifs is 3. The topological polar surface area (TPSA) is 72.5 Å². The van der Waals surface area contributed by atoms with E-state index in [2.05, 4.69) is 15.2 Å². The summed E-state index contributed by atoms with van der Waals surface area (Å²) in [6, 6.07) is 0. The zero-order valence-corrected chi connectivity index (χ0v) is 10.9. The highest BCUT2D eigenvalue weighted by Crippen LogP contribution is 2.27. The van der Waals surface area contributed by atoms with Crippen molar-refractivity contribution in [2.45, 2.75) is 5.16 Å². The van der Waals surface area contributed by atoms with Crippen molar-refractivity contribution in [3.05, 3.63) is 6.33 Å². The lowest BCUT2D eigenvalue weighted by Gasteiger charge is -2.44. The molecule has 3 aliphatic rings. The van der Waals surface area contributed by atoms with Crippen LogP contribution in [-0.4, -0.2) is 54.5 Å². The predicted molar refractivity (Wildman–Crippen MR) is 59.8 cm³/mol. The summed E-state index contributed by atoms with van der Waals surface area (Å²) in [5, 5.41) is 7.99. The Hall–Kier alpha value is -0.163. The Morgan fingerprint density at radius 3 is 2.62 bits per heavy atom. The zero-order chi connectivity index (χ0) is 10.1. The van der Waals surface area contributed by atoms with Crippen LogP contribution in [0.2, 0.25) is 0 Å². The normalized spacial score (nSPS) is 32.4. The average molecular weight is 283 g/mol. The number of hydrogen-bond donors (Lipinski definition) is 1. The standard InChI is InChI=1S/C6H10N4O3SSi.ClH/c1-7-6(9-8-1)14-5-15-11-2-10(3-12-15)4-13-15;/h1H,2-5H2,(H,7,8,9);1H. The summed E-state index contributed by atoms with van der Waals surface area (Å²) >= 11 is 1.52. The number of hydrogen-bond acceptors (Lipinski definition) is 7. The molecule has 0 radical (unpaired) electrons. The van der Waals surface area contributed by atoms with E-state index in [-0.39, 0.29) is 12.4 Å². The van der Waals surface area contributed by atoms with Gasteiger partial charge in [0.25, 0.3) is 0 Å². The Balaban J connectivity index is 0.000000963. The van der Waals surface area contributed by atoms with E-state index in [1.54, 1.807) is 0 Å². The minimum atomic E-state index is -2.41. The number of aromatic amines is 1. The van der Waals surface area contributed by atoms with E-state index in [0.29, 0.717) is 25.6 Å². The maximum atomic E-state index is 5.60. The zero-order valence-electron chi connectivity index (χ0n) is 8.29. The highest BCUT2D eigenvalue weighted by atomic mass is 35.5. The summed E-state index contributed by atoms with van der Waals surface area (Å²) in [7, 11) is -2.41. The van der Waals surface area contributed by atoms with Gasteiger partial charge in [0.15, 0.2) is 5.16 Å². The van der Waals surface area contributed by atoms with Crippen LogP contribution in [0.1, 0.15) is 0 Å². The first-order valence-electron chi connectivity index (χ1n) is 4.49. The molecule has 0 unspecified atom stereocenters. The van der Waals surface area contributed by atoms with Crippen molar-refractivity contribution in [3.63, 3.8) is 0 Å². The largest absolute Gasteiger partial charge is 0.514 e. The van der Waals surface area contributed by atoms with Gasteiger partial charge in [-0.05, 0) is 0 Å². The lowest BCUT2D eigenvalue weighted by molar-refractivity contribution is -0.160. The Bertz CT molecular complexity index is 321. The monoisotopic (exact) mass is 282 g/mol. The van der Waals surface area contributed by atoms with Gasteiger partial charge in [0.2, 0.25) is 0 Å². The number of rotatable bonds is 3. The smallest absolute Gasteiger partial charge is 0.359 e. The minimum Gasteiger partial charge on any atom is -0.359 e. The Labute approximate surface area is 104 Å². The average Bonchev–Trinajstić information content (AvgIpc) is 2.82. The Morgan fingerprint density at radius 2 is 2.06 bits per heavy atom. The van der Waals surface area contributed by atoms with Crippen LogP contribution in [0.25, 0.3) is 0 Å². The molecule has 2 bridgehead atoms. The van der Waals surface area contributed by atoms with Crippen LogP contribution >= 0.6 is 24.2 Å². The first-order chi connectivity index (χ1) is 7.36. The van der Waals surface area contributed by atoms with Crippen molar-refractivity contribution in [1.29, 1.82) is 0 Å². The Morgan fingerprint density at radius 1 is 1.38 bits per heavy atom. The molecule has 0 aliphatic carbocycles. The molecule has 0 aromatic carbocycles. The van der Waals surface area contributed by atoms with Crippen LogP contribution in [0.4, 0.5) is 0 Å². The second-order valence-electron chi connectivity index (χ2n) is 3.25. The Kier molecular flexibility index (Phi) is 3.84. The fraction of sp³-hybridized carbons (Fsp3) is 0.667. The van der Waals surface area contributed by atoms with Gasteiger partial charge in [0.1, 0.15) is 6.33 Å². The van der Waals surface area contributed by atoms with Crippen molar-refractivity contribution in [3.8, 4) is 0 Å². The summed E-state index contributed by atoms with van der Waals surface area (Å²) in [4.78, 5) is 5.97. The molecule has 16 heavy (non-hydrogen) atoms. The maximum Gasteiger partial charge on any atom is 0.514 e. The molecule has 3 aliphatic heterocycles. The van der Waals surface area contributed by atoms with Crippen molar-refractivity contribution in [1.82, 2.24) is 20.1 Å². The van der Waals surface area contributed by atoms with Crippen LogP contribution < -0.4 is 0 Å². The van der Waals surface area contributed by atoms with Gasteiger partial charge >= 0.3 is 8.80 Å². The predicted octanol–water partition coefficient (Wildman–Crippen LogP) is 0.0482. The third-order valence-electron chi connectivity index (χ3n) is 2.18. The van der Waals surface area contributed by atoms with Gasteiger partial charge in [0.05, 0.1) is 25.6 Å². The van der Waals surface area contributed by atoms with E-state index in [9.17, 15) is 0 Å². The maximum absolute atomic E-state index is 5.60. The minimum absolute atomic E-state index is 0. The van der Waals surface area contributed by atoms with Gasteiger partial charge in [0, 0.05) is 0 Å². The molecule has 3 saturated heterocycles. The van der Waals surface area contributed by atoms with E-state index in [1.165, 1.54) is 18.1 Å². The first kappa shape index (κ1) is 12.3. The lowest BCUT2D eigenvalue weighted by Crippen LogP contribution is -2.64. The van der Waals surface area contributed by atoms with E-state index in [0.717, 1.165) is 5.16 Å². The number of aromatic nitrogens is 3. The van der Waals surface area contributed by atoms with E-state index in [4.69, 9.17) is 13.3 Å². The van der Waals surface area contributed by atoms with Crippen LogP contribution in [0.5, 0.6) is 0 Å². The molecule has 1 aromatic heterocycles. The summed E-state index contributed by atoms with van der Waals surface area (Å²) in [5.41, 5.74) is 0. The van der Waals surface area contributed by atoms with Gasteiger partial charge in [-0.2, -0.15) is 5.10 Å². The van der Waals surface area contributed by atoms with Gasteiger partial charge < -0.3 is 13.3 Å². The quantitative estimate of drug-likeness (QED) is 0.620. The van der Waals surface area contributed by atoms with E-state index >= 15 is 0 Å². The highest BCUT2D eigenvalue weighted by molar-refractivity contribution is 8.00. The van der Waals surface area contributed by atoms with E-state index < -0.39 is 8.80 Å². The summed E-state index contributed by atoms with van der Waals surface area (Å²) in [5.74, 6) is 0. The summed E-state index contributed by atoms with van der Waals surface area (Å²) < 4.78 is 16.8. The number of halogens is 1. The number of H-pyrrole nitrogens is 1. The van der Waals surface area contributed by atoms with Crippen molar-refractivity contribution in [2.24, 2.45) is 0 Å². The number of nitrogens with one attached hydrogen (secondary N) is 1. The highest BCUT2D eigenvalue weighted by Gasteiger charge is 2.49. The first-order valence-corrected chi connectivity index (χ1v) is 7.40. The molecule has 1 aromatic rings. The van der Waals surface area contributed by atoms with Crippen LogP contribution in [0, 0.1) is 0 Å². The SMILES string of the molecule is Cl.c1n[nH]c(SC[Si]23OCN(CO2)CO3)n1. The molecule has 0 spiro atoms. The van der Waals surface area contributed by atoms with Crippen molar-refractivity contribution in [2.75, 3.05) is 25.6 Å². The van der Waals surface area contributed by atoms with E-state index in [1.807, 2.05) is 4.90 Å². The third kappa shape index (κ3) is 2.40. The molecule has 3 fully saturated rings. The molecule has 0 saturated carbocycles. The lowest BCUT2D eigenvalue weighted by atomic mass is 10.9. The molecule has 10 heteroatoms. The second kappa shape index (κ2) is 5.00. The molecule has 4 heterocycles. The van der Waals surface area contributed by atoms with Gasteiger partial charge in [-0.1, -0.05) is 11.8 Å². The molecule has 1 N–H and O–H groups in total. The number of thioether (sulfide) groups is 1. The van der Waals surface area contributed by atoms with Gasteiger partial charge in [-0.15, -0.1) is 12.4 Å². The fourth-order valence-corrected chi connectivity index (χ4v) is 5.23. The van der Waals surface area contributed by atoms with Gasteiger partial charge in [-0.25, -0.2) is 9.88 Å². The molecular weight excluding hydrogens is 272 g/mol. The van der Waals surface area contributed by atoms with Crippen molar-refractivity contribution < 1.29 is 13.3 Å². The van der Waals surface area contributed by atoms with Crippen molar-refractivity contribution >= 4 is 33.0 Å². The third-order valence-corrected chi connectivity index (χ3v) is 6.35. The summed E-state index contributed by atoms with van der Waals surface area (Å²) in [6.45, 7) is 1.84.